The fraction of sp³-hybridized carbons (Fsp3) is 0.429. The number of hydrogen-bond acceptors (Lipinski definition) is 2. The number of thiocarbonyl (C=S) groups is 1. The molecular formula is C14H19N3S. The zero-order valence-electron chi connectivity index (χ0n) is 10.7. The number of benzene rings is 1. The summed E-state index contributed by atoms with van der Waals surface area (Å²) in [6, 6.07) is 6.64. The molecule has 1 aliphatic carbocycles. The van der Waals surface area contributed by atoms with Crippen molar-refractivity contribution in [3.05, 3.63) is 34.9 Å². The molecule has 0 fully saturated rings. The molecule has 0 aliphatic heterocycles. The molecule has 0 atom stereocenters. The summed E-state index contributed by atoms with van der Waals surface area (Å²) in [6.07, 6.45) is 5.85. The lowest BCUT2D eigenvalue weighted by molar-refractivity contribution is 0.685. The predicted octanol–water partition coefficient (Wildman–Crippen LogP) is 2.51. The van der Waals surface area contributed by atoms with Crippen LogP contribution in [0.25, 0.3) is 0 Å². The van der Waals surface area contributed by atoms with E-state index in [4.69, 9.17) is 18.0 Å². The molecule has 0 radical (unpaired) electrons. The third-order valence-electron chi connectivity index (χ3n) is 3.32. The molecule has 1 aromatic carbocycles. The number of hydrogen-bond donors (Lipinski definition) is 2. The lowest BCUT2D eigenvalue weighted by Crippen LogP contribution is -2.25. The van der Waals surface area contributed by atoms with E-state index in [1.165, 1.54) is 42.4 Å². The number of fused-ring (bicyclic) bond motifs is 1. The molecule has 0 heterocycles. The first-order valence-electron chi connectivity index (χ1n) is 6.45. The van der Waals surface area contributed by atoms with Gasteiger partial charge in [-0.25, -0.2) is 0 Å². The molecular weight excluding hydrogens is 242 g/mol. The van der Waals surface area contributed by atoms with Gasteiger partial charge in [0, 0.05) is 0 Å². The second kappa shape index (κ2) is 5.96. The maximum Gasteiger partial charge on any atom is 0.184 e. The van der Waals surface area contributed by atoms with E-state index in [2.05, 4.69) is 35.7 Å². The first-order chi connectivity index (χ1) is 8.70. The Balaban J connectivity index is 2.26. The molecule has 18 heavy (non-hydrogen) atoms. The molecule has 0 aromatic heterocycles. The molecule has 0 amide bonds. The molecule has 96 valence electrons. The minimum absolute atomic E-state index is 0.207. The van der Waals surface area contributed by atoms with Gasteiger partial charge in [-0.1, -0.05) is 19.1 Å². The lowest BCUT2D eigenvalue weighted by atomic mass is 9.89. The Kier molecular flexibility index (Phi) is 4.31. The Morgan fingerprint density at radius 3 is 2.72 bits per heavy atom. The average Bonchev–Trinajstić information content (AvgIpc) is 2.39. The molecule has 3 nitrogen and oxygen atoms in total. The van der Waals surface area contributed by atoms with Gasteiger partial charge < -0.3 is 5.73 Å². The first-order valence-corrected chi connectivity index (χ1v) is 6.85. The molecule has 4 heteroatoms. The molecule has 1 aromatic rings. The van der Waals surface area contributed by atoms with Crippen molar-refractivity contribution >= 4 is 23.0 Å². The van der Waals surface area contributed by atoms with Crippen LogP contribution in [0.2, 0.25) is 0 Å². The Bertz CT molecular complexity index is 480. The number of hydrazone groups is 1. The highest BCUT2D eigenvalue weighted by atomic mass is 32.1. The quantitative estimate of drug-likeness (QED) is 0.499. The van der Waals surface area contributed by atoms with Crippen molar-refractivity contribution in [2.24, 2.45) is 10.8 Å². The van der Waals surface area contributed by atoms with E-state index in [-0.39, 0.29) is 5.11 Å². The van der Waals surface area contributed by atoms with Crippen LogP contribution in [0.5, 0.6) is 0 Å². The van der Waals surface area contributed by atoms with Gasteiger partial charge in [-0.3, -0.25) is 5.43 Å². The number of rotatable bonds is 3. The van der Waals surface area contributed by atoms with E-state index in [1.54, 1.807) is 0 Å². The minimum Gasteiger partial charge on any atom is -0.375 e. The summed E-state index contributed by atoms with van der Waals surface area (Å²) in [6.45, 7) is 2.08. The van der Waals surface area contributed by atoms with E-state index in [1.807, 2.05) is 0 Å². The normalized spacial score (nSPS) is 15.1. The summed E-state index contributed by atoms with van der Waals surface area (Å²) in [5, 5.41) is 4.47. The number of nitrogens with two attached hydrogens (primary N) is 1. The smallest absolute Gasteiger partial charge is 0.184 e. The van der Waals surface area contributed by atoms with E-state index in [0.29, 0.717) is 0 Å². The Morgan fingerprint density at radius 1 is 1.33 bits per heavy atom. The van der Waals surface area contributed by atoms with E-state index < -0.39 is 0 Å². The molecule has 0 saturated carbocycles. The number of aryl methyl sites for hydroxylation is 2. The molecule has 0 unspecified atom stereocenters. The fourth-order valence-corrected chi connectivity index (χ4v) is 2.43. The van der Waals surface area contributed by atoms with Crippen LogP contribution in [0.15, 0.2) is 23.3 Å². The summed E-state index contributed by atoms with van der Waals surface area (Å²) in [7, 11) is 0. The summed E-state index contributed by atoms with van der Waals surface area (Å²) >= 11 is 4.77. The van der Waals surface area contributed by atoms with Gasteiger partial charge in [0.25, 0.3) is 0 Å². The maximum atomic E-state index is 5.40. The molecule has 2 rings (SSSR count). The SMILES string of the molecule is CC/C(=N\NC(N)=S)c1ccc2c(c1)CCCC2. The van der Waals surface area contributed by atoms with Gasteiger partial charge >= 0.3 is 0 Å². The summed E-state index contributed by atoms with van der Waals surface area (Å²) in [5.74, 6) is 0. The highest BCUT2D eigenvalue weighted by Crippen LogP contribution is 2.22. The minimum atomic E-state index is 0.207. The van der Waals surface area contributed by atoms with E-state index >= 15 is 0 Å². The molecule has 0 bridgehead atoms. The lowest BCUT2D eigenvalue weighted by Gasteiger charge is -2.17. The monoisotopic (exact) mass is 261 g/mol. The molecule has 0 spiro atoms. The van der Waals surface area contributed by atoms with Crippen LogP contribution >= 0.6 is 12.2 Å². The van der Waals surface area contributed by atoms with Gasteiger partial charge in [0.2, 0.25) is 0 Å². The fourth-order valence-electron chi connectivity index (χ4n) is 2.38. The largest absolute Gasteiger partial charge is 0.375 e. The Labute approximate surface area is 113 Å². The van der Waals surface area contributed by atoms with Crippen molar-refractivity contribution in [1.82, 2.24) is 5.43 Å². The van der Waals surface area contributed by atoms with Gasteiger partial charge in [-0.05, 0) is 67.1 Å². The van der Waals surface area contributed by atoms with Crippen LogP contribution in [0.3, 0.4) is 0 Å². The van der Waals surface area contributed by atoms with Gasteiger partial charge in [0.05, 0.1) is 5.71 Å². The highest BCUT2D eigenvalue weighted by Gasteiger charge is 2.11. The van der Waals surface area contributed by atoms with Crippen molar-refractivity contribution in [3.63, 3.8) is 0 Å². The standard InChI is InChI=1S/C14H19N3S/c1-2-13(16-17-14(15)18)12-8-7-10-5-3-4-6-11(10)9-12/h7-9H,2-6H2,1H3,(H3,15,17,18)/b16-13+. The highest BCUT2D eigenvalue weighted by molar-refractivity contribution is 7.80. The molecule has 3 N–H and O–H groups in total. The predicted molar refractivity (Wildman–Crippen MR) is 79.8 cm³/mol. The number of nitrogens with zero attached hydrogens (tertiary/aromatic N) is 1. The van der Waals surface area contributed by atoms with Crippen molar-refractivity contribution in [2.75, 3.05) is 0 Å². The Morgan fingerprint density at radius 2 is 2.06 bits per heavy atom. The zero-order valence-corrected chi connectivity index (χ0v) is 11.5. The van der Waals surface area contributed by atoms with Crippen LogP contribution in [0, 0.1) is 0 Å². The molecule has 1 aliphatic rings. The summed E-state index contributed by atoms with van der Waals surface area (Å²) in [4.78, 5) is 0. The van der Waals surface area contributed by atoms with E-state index in [9.17, 15) is 0 Å². The molecule has 0 saturated heterocycles. The van der Waals surface area contributed by atoms with Crippen molar-refractivity contribution in [2.45, 2.75) is 39.0 Å². The second-order valence-corrected chi connectivity index (χ2v) is 5.02. The zero-order chi connectivity index (χ0) is 13.0. The van der Waals surface area contributed by atoms with Crippen LogP contribution in [0.4, 0.5) is 0 Å². The van der Waals surface area contributed by atoms with Gasteiger partial charge in [-0.2, -0.15) is 5.10 Å². The Hall–Kier alpha value is -1.42. The topological polar surface area (TPSA) is 50.4 Å². The van der Waals surface area contributed by atoms with Crippen molar-refractivity contribution < 1.29 is 0 Å². The van der Waals surface area contributed by atoms with Crippen LogP contribution in [-0.2, 0) is 12.8 Å². The van der Waals surface area contributed by atoms with Crippen LogP contribution in [0.1, 0.15) is 42.9 Å². The van der Waals surface area contributed by atoms with Gasteiger partial charge in [-0.15, -0.1) is 0 Å². The van der Waals surface area contributed by atoms with Crippen LogP contribution in [-0.4, -0.2) is 10.8 Å². The number of nitrogens with one attached hydrogen (secondary N) is 1. The third kappa shape index (κ3) is 3.07. The van der Waals surface area contributed by atoms with Crippen LogP contribution < -0.4 is 11.2 Å². The average molecular weight is 261 g/mol. The van der Waals surface area contributed by atoms with Gasteiger partial charge in [0.1, 0.15) is 0 Å². The third-order valence-corrected chi connectivity index (χ3v) is 3.41. The van der Waals surface area contributed by atoms with Crippen molar-refractivity contribution in [1.29, 1.82) is 0 Å². The summed E-state index contributed by atoms with van der Waals surface area (Å²) < 4.78 is 0. The van der Waals surface area contributed by atoms with Gasteiger partial charge in [0.15, 0.2) is 5.11 Å². The first kappa shape index (κ1) is 13.0. The second-order valence-electron chi connectivity index (χ2n) is 4.58. The summed E-state index contributed by atoms with van der Waals surface area (Å²) in [5.41, 5.74) is 13.2. The van der Waals surface area contributed by atoms with Crippen molar-refractivity contribution in [3.8, 4) is 0 Å². The maximum absolute atomic E-state index is 5.40. The van der Waals surface area contributed by atoms with E-state index in [0.717, 1.165) is 12.1 Å².